The van der Waals surface area contributed by atoms with Crippen molar-refractivity contribution in [2.24, 2.45) is 0 Å². The van der Waals surface area contributed by atoms with Gasteiger partial charge in [0.2, 0.25) is 5.95 Å². The first-order valence-corrected chi connectivity index (χ1v) is 8.50. The van der Waals surface area contributed by atoms with Crippen LogP contribution in [0.25, 0.3) is 0 Å². The number of rotatable bonds is 4. The van der Waals surface area contributed by atoms with E-state index in [0.29, 0.717) is 5.95 Å². The zero-order valence-corrected chi connectivity index (χ0v) is 14.1. The molecule has 0 atom stereocenters. The number of anilines is 2. The number of nitrogens with one attached hydrogen (secondary N) is 1. The number of nitrogens with zero attached hydrogens (tertiary/aromatic N) is 3. The van der Waals surface area contributed by atoms with E-state index in [0.717, 1.165) is 48.6 Å². The van der Waals surface area contributed by atoms with Gasteiger partial charge in [-0.2, -0.15) is 0 Å². The number of aromatic nitrogens is 2. The average molecular weight is 352 g/mol. The minimum absolute atomic E-state index is 0.215. The second-order valence-corrected chi connectivity index (χ2v) is 6.38. The molecule has 2 heterocycles. The van der Waals surface area contributed by atoms with Crippen molar-refractivity contribution in [1.82, 2.24) is 14.9 Å². The highest BCUT2D eigenvalue weighted by atomic mass is 19.1. The molecular formula is C20H18F2N4. The van der Waals surface area contributed by atoms with Gasteiger partial charge in [-0.1, -0.05) is 12.1 Å². The predicted octanol–water partition coefficient (Wildman–Crippen LogP) is 4.06. The van der Waals surface area contributed by atoms with Crippen LogP contribution < -0.4 is 5.32 Å². The predicted molar refractivity (Wildman–Crippen MR) is 95.9 cm³/mol. The molecule has 0 radical (unpaired) electrons. The molecule has 26 heavy (non-hydrogen) atoms. The summed E-state index contributed by atoms with van der Waals surface area (Å²) in [6.07, 6.45) is 2.67. The van der Waals surface area contributed by atoms with E-state index in [1.54, 1.807) is 12.1 Å². The summed E-state index contributed by atoms with van der Waals surface area (Å²) in [4.78, 5) is 11.3. The SMILES string of the molecule is Fc1ccc(CN2CCc3nc(Nc4ccc(F)cc4)ncc3C2)cc1. The third-order valence-corrected chi connectivity index (χ3v) is 4.43. The first kappa shape index (κ1) is 16.6. The molecule has 3 aromatic rings. The van der Waals surface area contributed by atoms with Gasteiger partial charge in [-0.25, -0.2) is 18.7 Å². The number of benzene rings is 2. The van der Waals surface area contributed by atoms with Crippen molar-refractivity contribution in [3.05, 3.63) is 83.2 Å². The summed E-state index contributed by atoms with van der Waals surface area (Å²) in [6.45, 7) is 2.43. The van der Waals surface area contributed by atoms with E-state index in [1.165, 1.54) is 24.3 Å². The van der Waals surface area contributed by atoms with Crippen molar-refractivity contribution >= 4 is 11.6 Å². The molecule has 2 aromatic carbocycles. The van der Waals surface area contributed by atoms with Crippen LogP contribution in [-0.2, 0) is 19.5 Å². The van der Waals surface area contributed by atoms with Crippen molar-refractivity contribution in [2.75, 3.05) is 11.9 Å². The third kappa shape index (κ3) is 3.86. The van der Waals surface area contributed by atoms with Crippen LogP contribution in [0.5, 0.6) is 0 Å². The van der Waals surface area contributed by atoms with E-state index >= 15 is 0 Å². The highest BCUT2D eigenvalue weighted by Gasteiger charge is 2.18. The van der Waals surface area contributed by atoms with Crippen LogP contribution in [0.1, 0.15) is 16.8 Å². The largest absolute Gasteiger partial charge is 0.324 e. The zero-order valence-electron chi connectivity index (χ0n) is 14.1. The summed E-state index contributed by atoms with van der Waals surface area (Å²) in [6, 6.07) is 12.7. The Hall–Kier alpha value is -2.86. The summed E-state index contributed by atoms with van der Waals surface area (Å²) < 4.78 is 26.0. The lowest BCUT2D eigenvalue weighted by molar-refractivity contribution is 0.243. The molecule has 0 aliphatic carbocycles. The van der Waals surface area contributed by atoms with Gasteiger partial charge in [0.15, 0.2) is 0 Å². The summed E-state index contributed by atoms with van der Waals surface area (Å²) in [7, 11) is 0. The Morgan fingerprint density at radius 1 is 0.962 bits per heavy atom. The van der Waals surface area contributed by atoms with Crippen LogP contribution in [-0.4, -0.2) is 21.4 Å². The summed E-state index contributed by atoms with van der Waals surface area (Å²) in [5.74, 6) is 0.0258. The minimum atomic E-state index is -0.275. The van der Waals surface area contributed by atoms with Gasteiger partial charge < -0.3 is 5.32 Å². The molecule has 0 saturated heterocycles. The van der Waals surface area contributed by atoms with Crippen LogP contribution in [0.15, 0.2) is 54.7 Å². The molecule has 4 nitrogen and oxygen atoms in total. The van der Waals surface area contributed by atoms with Gasteiger partial charge in [-0.05, 0) is 42.0 Å². The first-order valence-electron chi connectivity index (χ1n) is 8.50. The molecule has 0 amide bonds. The van der Waals surface area contributed by atoms with Gasteiger partial charge in [0.25, 0.3) is 0 Å². The van der Waals surface area contributed by atoms with Crippen LogP contribution in [0, 0.1) is 11.6 Å². The van der Waals surface area contributed by atoms with E-state index in [1.807, 2.05) is 18.3 Å². The summed E-state index contributed by atoms with van der Waals surface area (Å²) in [5.41, 5.74) is 3.97. The molecule has 0 saturated carbocycles. The minimum Gasteiger partial charge on any atom is -0.324 e. The van der Waals surface area contributed by atoms with Crippen molar-refractivity contribution in [3.8, 4) is 0 Å². The van der Waals surface area contributed by atoms with Gasteiger partial charge in [0.1, 0.15) is 11.6 Å². The fourth-order valence-corrected chi connectivity index (χ4v) is 3.08. The van der Waals surface area contributed by atoms with Crippen molar-refractivity contribution in [1.29, 1.82) is 0 Å². The van der Waals surface area contributed by atoms with Gasteiger partial charge in [-0.3, -0.25) is 4.90 Å². The normalized spacial score (nSPS) is 14.1. The summed E-state index contributed by atoms with van der Waals surface area (Å²) >= 11 is 0. The molecule has 1 N–H and O–H groups in total. The third-order valence-electron chi connectivity index (χ3n) is 4.43. The standard InChI is InChI=1S/C20H18F2N4/c21-16-3-1-14(2-4-16)12-26-10-9-19-15(13-26)11-23-20(25-19)24-18-7-5-17(22)6-8-18/h1-8,11H,9-10,12-13H2,(H,23,24,25). The van der Waals surface area contributed by atoms with E-state index in [2.05, 4.69) is 20.2 Å². The van der Waals surface area contributed by atoms with Crippen LogP contribution >= 0.6 is 0 Å². The Morgan fingerprint density at radius 2 is 1.65 bits per heavy atom. The molecule has 0 bridgehead atoms. The smallest absolute Gasteiger partial charge is 0.227 e. The van der Waals surface area contributed by atoms with Gasteiger partial charge in [-0.15, -0.1) is 0 Å². The van der Waals surface area contributed by atoms with Crippen LogP contribution in [0.4, 0.5) is 20.4 Å². The maximum atomic E-state index is 13.0. The second-order valence-electron chi connectivity index (χ2n) is 6.38. The highest BCUT2D eigenvalue weighted by Crippen LogP contribution is 2.21. The molecule has 132 valence electrons. The number of halogens is 2. The fraction of sp³-hybridized carbons (Fsp3) is 0.200. The van der Waals surface area contributed by atoms with Crippen LogP contribution in [0.3, 0.4) is 0 Å². The van der Waals surface area contributed by atoms with E-state index < -0.39 is 0 Å². The molecule has 0 spiro atoms. The monoisotopic (exact) mass is 352 g/mol. The number of fused-ring (bicyclic) bond motifs is 1. The second kappa shape index (κ2) is 7.17. The lowest BCUT2D eigenvalue weighted by Gasteiger charge is -2.28. The first-order chi connectivity index (χ1) is 12.7. The molecule has 1 aliphatic heterocycles. The lowest BCUT2D eigenvalue weighted by atomic mass is 10.1. The molecular weight excluding hydrogens is 334 g/mol. The van der Waals surface area contributed by atoms with Gasteiger partial charge >= 0.3 is 0 Å². The molecule has 0 unspecified atom stereocenters. The molecule has 6 heteroatoms. The average Bonchev–Trinajstić information content (AvgIpc) is 2.66. The number of hydrogen-bond donors (Lipinski definition) is 1. The Bertz CT molecular complexity index is 895. The fourth-order valence-electron chi connectivity index (χ4n) is 3.08. The molecule has 1 aromatic heterocycles. The molecule has 4 rings (SSSR count). The van der Waals surface area contributed by atoms with Crippen molar-refractivity contribution < 1.29 is 8.78 Å². The van der Waals surface area contributed by atoms with E-state index in [9.17, 15) is 8.78 Å². The number of hydrogen-bond acceptors (Lipinski definition) is 4. The van der Waals surface area contributed by atoms with Crippen molar-refractivity contribution in [2.45, 2.75) is 19.5 Å². The maximum Gasteiger partial charge on any atom is 0.227 e. The van der Waals surface area contributed by atoms with Gasteiger partial charge in [0.05, 0.1) is 5.69 Å². The Kier molecular flexibility index (Phi) is 4.58. The van der Waals surface area contributed by atoms with Crippen molar-refractivity contribution in [3.63, 3.8) is 0 Å². The topological polar surface area (TPSA) is 41.1 Å². The van der Waals surface area contributed by atoms with E-state index in [4.69, 9.17) is 0 Å². The lowest BCUT2D eigenvalue weighted by Crippen LogP contribution is -2.31. The van der Waals surface area contributed by atoms with Crippen LogP contribution in [0.2, 0.25) is 0 Å². The quantitative estimate of drug-likeness (QED) is 0.769. The molecule has 1 aliphatic rings. The van der Waals surface area contributed by atoms with Gasteiger partial charge in [0, 0.05) is 43.5 Å². The van der Waals surface area contributed by atoms with E-state index in [-0.39, 0.29) is 11.6 Å². The maximum absolute atomic E-state index is 13.0. The Morgan fingerprint density at radius 3 is 2.38 bits per heavy atom. The molecule has 0 fully saturated rings. The highest BCUT2D eigenvalue weighted by molar-refractivity contribution is 5.53. The summed E-state index contributed by atoms with van der Waals surface area (Å²) in [5, 5.41) is 3.10. The Balaban J connectivity index is 1.43. The zero-order chi connectivity index (χ0) is 17.9. The Labute approximate surface area is 150 Å².